The fraction of sp³-hybridized carbons (Fsp3) is 0.375. The van der Waals surface area contributed by atoms with Crippen molar-refractivity contribution in [3.05, 3.63) is 32.7 Å². The Labute approximate surface area is 70.4 Å². The summed E-state index contributed by atoms with van der Waals surface area (Å²) in [5, 5.41) is 0.288. The molecule has 0 N–H and O–H groups in total. The van der Waals surface area contributed by atoms with Crippen molar-refractivity contribution in [2.45, 2.75) is 13.8 Å². The molecular formula is C8H10ClNO. The first-order chi connectivity index (χ1) is 5.04. The fourth-order valence-electron chi connectivity index (χ4n) is 0.933. The first-order valence-corrected chi connectivity index (χ1v) is 3.74. The Morgan fingerprint density at radius 2 is 2.00 bits per heavy atom. The molecule has 11 heavy (non-hydrogen) atoms. The minimum absolute atomic E-state index is 0.130. The van der Waals surface area contributed by atoms with Gasteiger partial charge in [0, 0.05) is 12.7 Å². The lowest BCUT2D eigenvalue weighted by Crippen LogP contribution is -2.19. The van der Waals surface area contributed by atoms with Gasteiger partial charge in [-0.25, -0.2) is 0 Å². The van der Waals surface area contributed by atoms with E-state index in [2.05, 4.69) is 0 Å². The van der Waals surface area contributed by atoms with E-state index in [1.807, 2.05) is 13.8 Å². The van der Waals surface area contributed by atoms with E-state index in [1.54, 1.807) is 17.7 Å². The molecule has 0 saturated carbocycles. The van der Waals surface area contributed by atoms with Crippen LogP contribution in [0.2, 0.25) is 5.02 Å². The van der Waals surface area contributed by atoms with Crippen LogP contribution in [-0.2, 0) is 7.05 Å². The largest absolute Gasteiger partial charge is 0.314 e. The number of pyridine rings is 1. The summed E-state index contributed by atoms with van der Waals surface area (Å²) in [5.41, 5.74) is 1.87. The van der Waals surface area contributed by atoms with Crippen molar-refractivity contribution in [1.29, 1.82) is 0 Å². The molecule has 2 nitrogen and oxygen atoms in total. The quantitative estimate of drug-likeness (QED) is 0.582. The molecule has 1 heterocycles. The topological polar surface area (TPSA) is 22.0 Å². The zero-order valence-electron chi connectivity index (χ0n) is 6.81. The predicted molar refractivity (Wildman–Crippen MR) is 46.2 cm³/mol. The Hall–Kier alpha value is -0.760. The highest BCUT2D eigenvalue weighted by Gasteiger charge is 2.02. The lowest BCUT2D eigenvalue weighted by Gasteiger charge is -2.06. The molecule has 0 aliphatic heterocycles. The van der Waals surface area contributed by atoms with Gasteiger partial charge < -0.3 is 4.57 Å². The van der Waals surface area contributed by atoms with Crippen LogP contribution in [0, 0.1) is 13.8 Å². The Kier molecular flexibility index (Phi) is 2.05. The highest BCUT2D eigenvalue weighted by atomic mass is 35.5. The molecule has 0 radical (unpaired) electrons. The van der Waals surface area contributed by atoms with Gasteiger partial charge in [0.1, 0.15) is 5.02 Å². The number of hydrogen-bond acceptors (Lipinski definition) is 1. The molecule has 0 spiro atoms. The molecule has 0 saturated heterocycles. The second-order valence-electron chi connectivity index (χ2n) is 2.62. The number of aryl methyl sites for hydroxylation is 1. The van der Waals surface area contributed by atoms with Crippen molar-refractivity contribution in [2.24, 2.45) is 7.05 Å². The van der Waals surface area contributed by atoms with Gasteiger partial charge in [0.15, 0.2) is 0 Å². The predicted octanol–water partition coefficient (Wildman–Crippen LogP) is 1.66. The van der Waals surface area contributed by atoms with Crippen molar-refractivity contribution >= 4 is 11.6 Å². The van der Waals surface area contributed by atoms with Crippen LogP contribution in [-0.4, -0.2) is 4.57 Å². The third-order valence-electron chi connectivity index (χ3n) is 1.93. The number of hydrogen-bond donors (Lipinski definition) is 0. The van der Waals surface area contributed by atoms with Crippen molar-refractivity contribution in [1.82, 2.24) is 4.57 Å². The van der Waals surface area contributed by atoms with E-state index in [4.69, 9.17) is 11.6 Å². The molecule has 0 bridgehead atoms. The summed E-state index contributed by atoms with van der Waals surface area (Å²) in [6.07, 6.45) is 0. The van der Waals surface area contributed by atoms with Gasteiger partial charge >= 0.3 is 0 Å². The molecule has 0 fully saturated rings. The molecule has 1 aromatic heterocycles. The highest BCUT2D eigenvalue weighted by molar-refractivity contribution is 6.30. The average Bonchev–Trinajstić information content (AvgIpc) is 1.97. The number of rotatable bonds is 0. The van der Waals surface area contributed by atoms with Gasteiger partial charge in [0.2, 0.25) is 0 Å². The lowest BCUT2D eigenvalue weighted by atomic mass is 10.2. The van der Waals surface area contributed by atoms with E-state index >= 15 is 0 Å². The van der Waals surface area contributed by atoms with Crippen LogP contribution >= 0.6 is 11.6 Å². The van der Waals surface area contributed by atoms with Gasteiger partial charge in [-0.3, -0.25) is 4.79 Å². The van der Waals surface area contributed by atoms with Gasteiger partial charge in [0.25, 0.3) is 5.56 Å². The van der Waals surface area contributed by atoms with E-state index in [1.165, 1.54) is 0 Å². The summed E-state index contributed by atoms with van der Waals surface area (Å²) in [4.78, 5) is 11.2. The molecule has 3 heteroatoms. The van der Waals surface area contributed by atoms with E-state index in [9.17, 15) is 4.79 Å². The Balaban J connectivity index is 3.59. The second-order valence-corrected chi connectivity index (χ2v) is 3.03. The minimum Gasteiger partial charge on any atom is -0.314 e. The molecule has 0 aliphatic carbocycles. The fourth-order valence-corrected chi connectivity index (χ4v) is 1.22. The molecule has 1 rings (SSSR count). The molecule has 1 aromatic rings. The van der Waals surface area contributed by atoms with Crippen molar-refractivity contribution in [3.63, 3.8) is 0 Å². The summed E-state index contributed by atoms with van der Waals surface area (Å²) < 4.78 is 1.55. The van der Waals surface area contributed by atoms with Crippen LogP contribution in [0.1, 0.15) is 11.3 Å². The average molecular weight is 172 g/mol. The maximum absolute atomic E-state index is 11.2. The van der Waals surface area contributed by atoms with Crippen molar-refractivity contribution in [2.75, 3.05) is 0 Å². The van der Waals surface area contributed by atoms with E-state index in [-0.39, 0.29) is 10.6 Å². The van der Waals surface area contributed by atoms with Gasteiger partial charge in [-0.15, -0.1) is 0 Å². The van der Waals surface area contributed by atoms with Gasteiger partial charge in [-0.2, -0.15) is 0 Å². The van der Waals surface area contributed by atoms with E-state index in [0.717, 1.165) is 11.3 Å². The number of halogens is 1. The first-order valence-electron chi connectivity index (χ1n) is 3.36. The SMILES string of the molecule is Cc1cc(Cl)c(=O)n(C)c1C. The zero-order valence-corrected chi connectivity index (χ0v) is 7.57. The number of nitrogens with zero attached hydrogens (tertiary/aromatic N) is 1. The molecular weight excluding hydrogens is 162 g/mol. The van der Waals surface area contributed by atoms with Crippen LogP contribution in [0.3, 0.4) is 0 Å². The van der Waals surface area contributed by atoms with Crippen molar-refractivity contribution in [3.8, 4) is 0 Å². The Morgan fingerprint density at radius 3 is 2.55 bits per heavy atom. The zero-order chi connectivity index (χ0) is 8.59. The Bertz CT molecular complexity index is 341. The summed E-state index contributed by atoms with van der Waals surface area (Å²) in [6.45, 7) is 3.83. The minimum atomic E-state index is -0.130. The van der Waals surface area contributed by atoms with Crippen LogP contribution in [0.15, 0.2) is 10.9 Å². The molecule has 0 aliphatic rings. The van der Waals surface area contributed by atoms with Gasteiger partial charge in [-0.05, 0) is 25.5 Å². The summed E-state index contributed by atoms with van der Waals surface area (Å²) in [7, 11) is 1.72. The summed E-state index contributed by atoms with van der Waals surface area (Å²) in [5.74, 6) is 0. The maximum atomic E-state index is 11.2. The van der Waals surface area contributed by atoms with Crippen LogP contribution in [0.25, 0.3) is 0 Å². The normalized spacial score (nSPS) is 10.2. The molecule has 0 unspecified atom stereocenters. The molecule has 0 amide bonds. The molecule has 0 aromatic carbocycles. The second kappa shape index (κ2) is 2.70. The Morgan fingerprint density at radius 1 is 1.45 bits per heavy atom. The lowest BCUT2D eigenvalue weighted by molar-refractivity contribution is 0.809. The summed E-state index contributed by atoms with van der Waals surface area (Å²) in [6, 6.07) is 1.69. The smallest absolute Gasteiger partial charge is 0.269 e. The monoisotopic (exact) mass is 171 g/mol. The van der Waals surface area contributed by atoms with Gasteiger partial charge in [-0.1, -0.05) is 11.6 Å². The first kappa shape index (κ1) is 8.34. The molecule has 0 atom stereocenters. The maximum Gasteiger partial charge on any atom is 0.269 e. The standard InChI is InChI=1S/C8H10ClNO/c1-5-4-7(9)8(11)10(3)6(5)2/h4H,1-3H3. The summed E-state index contributed by atoms with van der Waals surface area (Å²) >= 11 is 5.66. The third-order valence-corrected chi connectivity index (χ3v) is 2.20. The number of aromatic nitrogens is 1. The highest BCUT2D eigenvalue weighted by Crippen LogP contribution is 2.08. The third kappa shape index (κ3) is 1.31. The molecule has 60 valence electrons. The van der Waals surface area contributed by atoms with Crippen LogP contribution in [0.4, 0.5) is 0 Å². The van der Waals surface area contributed by atoms with E-state index in [0.29, 0.717) is 0 Å². The van der Waals surface area contributed by atoms with E-state index < -0.39 is 0 Å². The van der Waals surface area contributed by atoms with Gasteiger partial charge in [0.05, 0.1) is 0 Å². The van der Waals surface area contributed by atoms with Crippen LogP contribution in [0.5, 0.6) is 0 Å². The van der Waals surface area contributed by atoms with Crippen molar-refractivity contribution < 1.29 is 0 Å². The van der Waals surface area contributed by atoms with Crippen LogP contribution < -0.4 is 5.56 Å².